The van der Waals surface area contributed by atoms with Crippen LogP contribution in [0.1, 0.15) is 29.8 Å². The van der Waals surface area contributed by atoms with Crippen molar-refractivity contribution in [3.05, 3.63) is 59.4 Å². The van der Waals surface area contributed by atoms with Gasteiger partial charge < -0.3 is 9.80 Å². The average Bonchev–Trinajstić information content (AvgIpc) is 2.66. The lowest BCUT2D eigenvalue weighted by Crippen LogP contribution is -2.31. The Morgan fingerprint density at radius 3 is 2.25 bits per heavy atom. The number of hydrogen-bond donors (Lipinski definition) is 1. The van der Waals surface area contributed by atoms with Gasteiger partial charge in [0.2, 0.25) is 10.0 Å². The van der Waals surface area contributed by atoms with Crippen LogP contribution >= 0.6 is 0 Å². The summed E-state index contributed by atoms with van der Waals surface area (Å²) in [4.78, 5) is 16.2. The highest BCUT2D eigenvalue weighted by Gasteiger charge is 2.22. The molecule has 2 aromatic rings. The van der Waals surface area contributed by atoms with E-state index in [9.17, 15) is 17.6 Å². The molecule has 0 fully saturated rings. The number of benzene rings is 2. The highest BCUT2D eigenvalue weighted by molar-refractivity contribution is 7.89. The Morgan fingerprint density at radius 2 is 1.71 bits per heavy atom. The lowest BCUT2D eigenvalue weighted by Gasteiger charge is -2.22. The second-order valence-corrected chi connectivity index (χ2v) is 8.29. The van der Waals surface area contributed by atoms with Gasteiger partial charge in [-0.3, -0.25) is 4.79 Å². The fraction of sp³-hybridized carbons (Fsp3) is 0.350. The number of rotatable bonds is 8. The predicted molar refractivity (Wildman–Crippen MR) is 108 cm³/mol. The van der Waals surface area contributed by atoms with Crippen LogP contribution in [0.3, 0.4) is 0 Å². The summed E-state index contributed by atoms with van der Waals surface area (Å²) in [5.41, 5.74) is 1.67. The molecule has 0 saturated heterocycles. The smallest absolute Gasteiger partial charge is 0.257 e. The summed E-state index contributed by atoms with van der Waals surface area (Å²) in [6.07, 6.45) is 0. The van der Waals surface area contributed by atoms with E-state index < -0.39 is 21.7 Å². The highest BCUT2D eigenvalue weighted by atomic mass is 32.2. The summed E-state index contributed by atoms with van der Waals surface area (Å²) in [5, 5.41) is 0. The van der Waals surface area contributed by atoms with Crippen LogP contribution in [-0.4, -0.2) is 46.4 Å². The first-order valence-electron chi connectivity index (χ1n) is 9.04. The molecule has 28 heavy (non-hydrogen) atoms. The molecule has 0 spiro atoms. The SMILES string of the molecule is CCNS(=O)(=O)c1ccc(F)c(C(=O)N(CC)Cc2ccc(N(C)C)cc2)c1. The Morgan fingerprint density at radius 1 is 1.07 bits per heavy atom. The van der Waals surface area contributed by atoms with Crippen LogP contribution in [0.25, 0.3) is 0 Å². The maximum absolute atomic E-state index is 14.3. The maximum Gasteiger partial charge on any atom is 0.257 e. The van der Waals surface area contributed by atoms with E-state index in [2.05, 4.69) is 4.72 Å². The van der Waals surface area contributed by atoms with Crippen molar-refractivity contribution in [2.45, 2.75) is 25.3 Å². The van der Waals surface area contributed by atoms with Crippen molar-refractivity contribution in [3.63, 3.8) is 0 Å². The molecule has 1 N–H and O–H groups in total. The summed E-state index contributed by atoms with van der Waals surface area (Å²) in [7, 11) is 0.0977. The maximum atomic E-state index is 14.3. The standard InChI is InChI=1S/C20H26FN3O3S/c1-5-22-28(26,27)17-11-12-19(21)18(13-17)20(25)24(6-2)14-15-7-9-16(10-8-15)23(3)4/h7-13,22H,5-6,14H2,1-4H3. The lowest BCUT2D eigenvalue weighted by atomic mass is 10.1. The van der Waals surface area contributed by atoms with Gasteiger partial charge in [-0.2, -0.15) is 0 Å². The Hall–Kier alpha value is -2.45. The van der Waals surface area contributed by atoms with Crippen LogP contribution in [0.15, 0.2) is 47.4 Å². The molecule has 152 valence electrons. The van der Waals surface area contributed by atoms with E-state index in [1.54, 1.807) is 13.8 Å². The summed E-state index contributed by atoms with van der Waals surface area (Å²) in [6.45, 7) is 4.30. The van der Waals surface area contributed by atoms with Gasteiger partial charge >= 0.3 is 0 Å². The molecule has 0 radical (unpaired) electrons. The van der Waals surface area contributed by atoms with Crippen LogP contribution in [0.2, 0.25) is 0 Å². The molecule has 0 bridgehead atoms. The molecule has 0 saturated carbocycles. The predicted octanol–water partition coefficient (Wildman–Crippen LogP) is 2.85. The van der Waals surface area contributed by atoms with Crippen molar-refractivity contribution in [3.8, 4) is 0 Å². The minimum atomic E-state index is -3.78. The van der Waals surface area contributed by atoms with Crippen LogP contribution in [-0.2, 0) is 16.6 Å². The van der Waals surface area contributed by atoms with Gasteiger partial charge in [0.15, 0.2) is 0 Å². The van der Waals surface area contributed by atoms with Crippen molar-refractivity contribution in [1.29, 1.82) is 0 Å². The van der Waals surface area contributed by atoms with Crippen molar-refractivity contribution in [2.75, 3.05) is 32.1 Å². The number of nitrogens with zero attached hydrogens (tertiary/aromatic N) is 2. The number of anilines is 1. The molecule has 6 nitrogen and oxygen atoms in total. The Kier molecular flexibility index (Phi) is 7.15. The zero-order valence-electron chi connectivity index (χ0n) is 16.6. The van der Waals surface area contributed by atoms with E-state index in [1.807, 2.05) is 43.3 Å². The normalized spacial score (nSPS) is 11.3. The largest absolute Gasteiger partial charge is 0.378 e. The van der Waals surface area contributed by atoms with Gasteiger partial charge in [0.05, 0.1) is 10.5 Å². The second kappa shape index (κ2) is 9.16. The Labute approximate surface area is 166 Å². The van der Waals surface area contributed by atoms with Gasteiger partial charge in [0.1, 0.15) is 5.82 Å². The van der Waals surface area contributed by atoms with Crippen LogP contribution < -0.4 is 9.62 Å². The molecule has 2 rings (SSSR count). The van der Waals surface area contributed by atoms with Crippen LogP contribution in [0.5, 0.6) is 0 Å². The summed E-state index contributed by atoms with van der Waals surface area (Å²) in [5.74, 6) is -1.30. The topological polar surface area (TPSA) is 69.7 Å². The Balaban J connectivity index is 2.29. The number of carbonyl (C=O) groups is 1. The number of halogens is 1. The first-order chi connectivity index (χ1) is 13.2. The van der Waals surface area contributed by atoms with Crippen LogP contribution in [0, 0.1) is 5.82 Å². The zero-order valence-corrected chi connectivity index (χ0v) is 17.4. The number of sulfonamides is 1. The Bertz CT molecular complexity index is 928. The molecule has 0 atom stereocenters. The molecule has 1 amide bonds. The number of hydrogen-bond acceptors (Lipinski definition) is 4. The average molecular weight is 408 g/mol. The third kappa shape index (κ3) is 5.08. The van der Waals surface area contributed by atoms with Gasteiger partial charge in [-0.15, -0.1) is 0 Å². The molecule has 8 heteroatoms. The van der Waals surface area contributed by atoms with E-state index >= 15 is 0 Å². The van der Waals surface area contributed by atoms with E-state index in [0.29, 0.717) is 13.1 Å². The quantitative estimate of drug-likeness (QED) is 0.731. The molecular formula is C20H26FN3O3S. The van der Waals surface area contributed by atoms with Crippen LogP contribution in [0.4, 0.5) is 10.1 Å². The second-order valence-electron chi connectivity index (χ2n) is 6.52. The van der Waals surface area contributed by atoms with Gasteiger partial charge in [0, 0.05) is 39.4 Å². The molecule has 0 heterocycles. The van der Waals surface area contributed by atoms with Gasteiger partial charge in [-0.1, -0.05) is 19.1 Å². The summed E-state index contributed by atoms with van der Waals surface area (Å²) < 4.78 is 41.0. The van der Waals surface area contributed by atoms with E-state index in [-0.39, 0.29) is 17.0 Å². The van der Waals surface area contributed by atoms with E-state index in [0.717, 1.165) is 29.4 Å². The molecule has 0 aromatic heterocycles. The zero-order chi connectivity index (χ0) is 20.9. The van der Waals surface area contributed by atoms with Gasteiger partial charge in [-0.05, 0) is 42.8 Å². The third-order valence-electron chi connectivity index (χ3n) is 4.31. The van der Waals surface area contributed by atoms with E-state index in [1.165, 1.54) is 4.90 Å². The van der Waals surface area contributed by atoms with E-state index in [4.69, 9.17) is 0 Å². The van der Waals surface area contributed by atoms with Crippen molar-refractivity contribution in [2.24, 2.45) is 0 Å². The highest BCUT2D eigenvalue weighted by Crippen LogP contribution is 2.19. The third-order valence-corrected chi connectivity index (χ3v) is 5.85. The first kappa shape index (κ1) is 21.8. The fourth-order valence-corrected chi connectivity index (χ4v) is 3.79. The number of nitrogens with one attached hydrogen (secondary N) is 1. The van der Waals surface area contributed by atoms with Crippen molar-refractivity contribution < 1.29 is 17.6 Å². The van der Waals surface area contributed by atoms with Crippen molar-refractivity contribution in [1.82, 2.24) is 9.62 Å². The lowest BCUT2D eigenvalue weighted by molar-refractivity contribution is 0.0747. The molecule has 2 aromatic carbocycles. The number of carbonyl (C=O) groups excluding carboxylic acids is 1. The minimum Gasteiger partial charge on any atom is -0.378 e. The molecule has 0 aliphatic rings. The van der Waals surface area contributed by atoms with Gasteiger partial charge in [0.25, 0.3) is 5.91 Å². The fourth-order valence-electron chi connectivity index (χ4n) is 2.73. The molecular weight excluding hydrogens is 381 g/mol. The molecule has 0 unspecified atom stereocenters. The molecule has 0 aliphatic heterocycles. The minimum absolute atomic E-state index is 0.134. The monoisotopic (exact) mass is 407 g/mol. The molecule has 0 aliphatic carbocycles. The summed E-state index contributed by atoms with van der Waals surface area (Å²) >= 11 is 0. The first-order valence-corrected chi connectivity index (χ1v) is 10.5. The van der Waals surface area contributed by atoms with Crippen molar-refractivity contribution >= 4 is 21.6 Å². The van der Waals surface area contributed by atoms with Gasteiger partial charge in [-0.25, -0.2) is 17.5 Å². The number of amides is 1. The summed E-state index contributed by atoms with van der Waals surface area (Å²) in [6, 6.07) is 11.0.